The lowest BCUT2D eigenvalue weighted by Gasteiger charge is -2.30. The second kappa shape index (κ2) is 6.24. The summed E-state index contributed by atoms with van der Waals surface area (Å²) in [6.07, 6.45) is 0.384. The number of para-hydroxylation sites is 1. The van der Waals surface area contributed by atoms with Gasteiger partial charge in [-0.1, -0.05) is 29.7 Å². The van der Waals surface area contributed by atoms with Crippen LogP contribution in [0, 0.1) is 13.8 Å². The molecule has 0 bridgehead atoms. The van der Waals surface area contributed by atoms with Crippen LogP contribution in [-0.4, -0.2) is 24.2 Å². The number of halogens is 1. The van der Waals surface area contributed by atoms with Gasteiger partial charge in [-0.3, -0.25) is 4.79 Å². The molecule has 122 valence electrons. The van der Waals surface area contributed by atoms with E-state index in [1.54, 1.807) is 11.0 Å². The maximum absolute atomic E-state index is 12.8. The number of carbonyl (C=O) groups excluding carboxylic acids is 1. The summed E-state index contributed by atoms with van der Waals surface area (Å²) in [5, 5.41) is 4.49. The minimum Gasteiger partial charge on any atom is -0.488 e. The molecule has 0 spiro atoms. The third-order valence-electron chi connectivity index (χ3n) is 4.16. The highest BCUT2D eigenvalue weighted by Gasteiger charge is 2.28. The molecule has 0 aliphatic carbocycles. The Bertz CT molecular complexity index is 722. The first-order valence-electron chi connectivity index (χ1n) is 7.63. The number of carbonyl (C=O) groups is 1. The fraction of sp³-hybridized carbons (Fsp3) is 0.412. The van der Waals surface area contributed by atoms with E-state index in [4.69, 9.17) is 20.9 Å². The van der Waals surface area contributed by atoms with E-state index in [1.165, 1.54) is 0 Å². The van der Waals surface area contributed by atoms with E-state index < -0.39 is 0 Å². The first kappa shape index (κ1) is 15.9. The maximum Gasteiger partial charge on any atom is 0.227 e. The predicted molar refractivity (Wildman–Crippen MR) is 88.3 cm³/mol. The third-order valence-corrected chi connectivity index (χ3v) is 4.46. The van der Waals surface area contributed by atoms with Gasteiger partial charge in [-0.2, -0.15) is 0 Å². The van der Waals surface area contributed by atoms with Gasteiger partial charge in [-0.05, 0) is 31.9 Å². The van der Waals surface area contributed by atoms with Crippen LogP contribution in [0.25, 0.3) is 0 Å². The van der Waals surface area contributed by atoms with Crippen molar-refractivity contribution < 1.29 is 14.1 Å². The molecule has 1 atom stereocenters. The normalized spacial score (nSPS) is 15.0. The largest absolute Gasteiger partial charge is 0.488 e. The molecule has 2 heterocycles. The van der Waals surface area contributed by atoms with Crippen LogP contribution in [0.4, 0.5) is 5.69 Å². The molecule has 0 saturated carbocycles. The van der Waals surface area contributed by atoms with Crippen molar-refractivity contribution in [2.45, 2.75) is 33.1 Å². The van der Waals surface area contributed by atoms with Crippen LogP contribution in [0.15, 0.2) is 22.7 Å². The fourth-order valence-corrected chi connectivity index (χ4v) is 3.36. The molecule has 3 rings (SSSR count). The Morgan fingerprint density at radius 2 is 2.22 bits per heavy atom. The summed E-state index contributed by atoms with van der Waals surface area (Å²) < 4.78 is 10.8. The van der Waals surface area contributed by atoms with Gasteiger partial charge in [-0.25, -0.2) is 0 Å². The van der Waals surface area contributed by atoms with Gasteiger partial charge in [0.15, 0.2) is 5.75 Å². The van der Waals surface area contributed by atoms with E-state index in [1.807, 2.05) is 32.9 Å². The number of aryl methyl sites for hydroxylation is 2. The maximum atomic E-state index is 12.8. The monoisotopic (exact) mass is 334 g/mol. The van der Waals surface area contributed by atoms with Crippen LogP contribution in [0.1, 0.15) is 36.3 Å². The number of hydrogen-bond acceptors (Lipinski definition) is 4. The lowest BCUT2D eigenvalue weighted by Crippen LogP contribution is -2.38. The molecule has 0 fully saturated rings. The smallest absolute Gasteiger partial charge is 0.227 e. The van der Waals surface area contributed by atoms with Gasteiger partial charge in [0, 0.05) is 12.0 Å². The predicted octanol–water partition coefficient (Wildman–Crippen LogP) is 3.86. The van der Waals surface area contributed by atoms with Crippen molar-refractivity contribution in [3.8, 4) is 5.75 Å². The molecule has 5 nitrogen and oxygen atoms in total. The number of fused-ring (bicyclic) bond motifs is 1. The van der Waals surface area contributed by atoms with Gasteiger partial charge >= 0.3 is 0 Å². The van der Waals surface area contributed by atoms with Crippen molar-refractivity contribution in [2.75, 3.05) is 18.1 Å². The molecule has 1 aliphatic heterocycles. The lowest BCUT2D eigenvalue weighted by atomic mass is 9.95. The minimum absolute atomic E-state index is 0.0410. The van der Waals surface area contributed by atoms with Gasteiger partial charge in [0.1, 0.15) is 12.4 Å². The summed E-state index contributed by atoms with van der Waals surface area (Å²) in [6.45, 7) is 6.77. The summed E-state index contributed by atoms with van der Waals surface area (Å²) in [6, 6.07) is 5.45. The summed E-state index contributed by atoms with van der Waals surface area (Å²) in [7, 11) is 0. The average molecular weight is 335 g/mol. The number of hydrogen-bond donors (Lipinski definition) is 0. The van der Waals surface area contributed by atoms with Crippen molar-refractivity contribution in [1.29, 1.82) is 0 Å². The molecule has 0 unspecified atom stereocenters. The van der Waals surface area contributed by atoms with E-state index in [2.05, 4.69) is 5.16 Å². The molecule has 0 radical (unpaired) electrons. The zero-order valence-electron chi connectivity index (χ0n) is 13.4. The van der Waals surface area contributed by atoms with E-state index >= 15 is 0 Å². The fourth-order valence-electron chi connectivity index (χ4n) is 3.14. The van der Waals surface area contributed by atoms with E-state index in [9.17, 15) is 4.79 Å². The lowest BCUT2D eigenvalue weighted by molar-refractivity contribution is -0.119. The number of rotatable bonds is 3. The van der Waals surface area contributed by atoms with Gasteiger partial charge in [0.2, 0.25) is 5.91 Å². The van der Waals surface area contributed by atoms with Gasteiger partial charge in [-0.15, -0.1) is 0 Å². The molecule has 0 N–H and O–H groups in total. The first-order valence-corrected chi connectivity index (χ1v) is 8.01. The van der Waals surface area contributed by atoms with Crippen molar-refractivity contribution in [1.82, 2.24) is 5.16 Å². The molecule has 0 saturated heterocycles. The van der Waals surface area contributed by atoms with Crippen LogP contribution >= 0.6 is 11.6 Å². The third kappa shape index (κ3) is 2.93. The van der Waals surface area contributed by atoms with Crippen LogP contribution in [0.5, 0.6) is 5.75 Å². The Balaban J connectivity index is 1.81. The van der Waals surface area contributed by atoms with Crippen molar-refractivity contribution in [3.05, 3.63) is 40.2 Å². The number of benzene rings is 1. The molecule has 1 amide bonds. The Hall–Kier alpha value is -2.01. The Morgan fingerprint density at radius 3 is 2.91 bits per heavy atom. The Kier molecular flexibility index (Phi) is 4.31. The highest BCUT2D eigenvalue weighted by atomic mass is 35.5. The van der Waals surface area contributed by atoms with Gasteiger partial charge in [0.05, 0.1) is 22.9 Å². The number of anilines is 1. The molecule has 23 heavy (non-hydrogen) atoms. The van der Waals surface area contributed by atoms with Crippen molar-refractivity contribution in [3.63, 3.8) is 0 Å². The SMILES string of the molecule is Cc1noc(C)c1[C@H](C)CC(=O)N1CCOc2c(Cl)cccc21. The Labute approximate surface area is 140 Å². The van der Waals surface area contributed by atoms with E-state index in [0.717, 1.165) is 22.7 Å². The van der Waals surface area contributed by atoms with Gasteiger partial charge < -0.3 is 14.2 Å². The molecular weight excluding hydrogens is 316 g/mol. The molecule has 1 aromatic heterocycles. The molecule has 2 aromatic rings. The molecule has 6 heteroatoms. The zero-order chi connectivity index (χ0) is 16.6. The average Bonchev–Trinajstić information content (AvgIpc) is 2.86. The highest BCUT2D eigenvalue weighted by Crippen LogP contribution is 2.38. The van der Waals surface area contributed by atoms with Crippen molar-refractivity contribution in [2.24, 2.45) is 0 Å². The summed E-state index contributed by atoms with van der Waals surface area (Å²) >= 11 is 6.16. The molecular formula is C17H19ClN2O3. The summed E-state index contributed by atoms with van der Waals surface area (Å²) in [5.74, 6) is 1.44. The zero-order valence-corrected chi connectivity index (χ0v) is 14.2. The summed E-state index contributed by atoms with van der Waals surface area (Å²) in [4.78, 5) is 14.5. The van der Waals surface area contributed by atoms with E-state index in [0.29, 0.717) is 30.3 Å². The topological polar surface area (TPSA) is 55.6 Å². The number of amides is 1. The second-order valence-corrected chi connectivity index (χ2v) is 6.23. The van der Waals surface area contributed by atoms with Crippen LogP contribution in [0.2, 0.25) is 5.02 Å². The molecule has 1 aromatic carbocycles. The van der Waals surface area contributed by atoms with Crippen LogP contribution in [-0.2, 0) is 4.79 Å². The second-order valence-electron chi connectivity index (χ2n) is 5.82. The number of ether oxygens (including phenoxy) is 1. The molecule has 1 aliphatic rings. The summed E-state index contributed by atoms with van der Waals surface area (Å²) in [5.41, 5.74) is 2.59. The first-order chi connectivity index (χ1) is 11.0. The number of nitrogens with zero attached hydrogens (tertiary/aromatic N) is 2. The Morgan fingerprint density at radius 1 is 1.43 bits per heavy atom. The van der Waals surface area contributed by atoms with Crippen LogP contribution in [0.3, 0.4) is 0 Å². The highest BCUT2D eigenvalue weighted by molar-refractivity contribution is 6.32. The minimum atomic E-state index is 0.0410. The standard InChI is InChI=1S/C17H19ClN2O3/c1-10(16-11(2)19-23-12(16)3)9-15(21)20-7-8-22-17-13(18)5-4-6-14(17)20/h4-6,10H,7-9H2,1-3H3/t10-/m1/s1. The van der Waals surface area contributed by atoms with Gasteiger partial charge in [0.25, 0.3) is 0 Å². The van der Waals surface area contributed by atoms with E-state index in [-0.39, 0.29) is 11.8 Å². The quantitative estimate of drug-likeness (QED) is 0.855. The van der Waals surface area contributed by atoms with Crippen LogP contribution < -0.4 is 9.64 Å². The van der Waals surface area contributed by atoms with Crippen molar-refractivity contribution >= 4 is 23.2 Å². The number of aromatic nitrogens is 1.